The highest BCUT2D eigenvalue weighted by molar-refractivity contribution is 6.07. The lowest BCUT2D eigenvalue weighted by atomic mass is 10.1. The van der Waals surface area contributed by atoms with Crippen molar-refractivity contribution in [2.75, 3.05) is 7.11 Å². The van der Waals surface area contributed by atoms with Gasteiger partial charge in [0.1, 0.15) is 5.75 Å². The van der Waals surface area contributed by atoms with E-state index in [1.807, 2.05) is 22.8 Å². The summed E-state index contributed by atoms with van der Waals surface area (Å²) >= 11 is 0. The molecule has 0 amide bonds. The van der Waals surface area contributed by atoms with Crippen molar-refractivity contribution in [1.29, 1.82) is 0 Å². The van der Waals surface area contributed by atoms with Crippen LogP contribution >= 0.6 is 0 Å². The number of hydrogen-bond acceptors (Lipinski definition) is 2. The van der Waals surface area contributed by atoms with Crippen LogP contribution in [0.3, 0.4) is 0 Å². The second-order valence-corrected chi connectivity index (χ2v) is 3.81. The molecule has 0 spiro atoms. The maximum absolute atomic E-state index is 11.6. The topological polar surface area (TPSA) is 31.2 Å². The zero-order valence-corrected chi connectivity index (χ0v) is 9.86. The number of terminal acetylenes is 1. The lowest BCUT2D eigenvalue weighted by Crippen LogP contribution is -1.93. The molecule has 0 fully saturated rings. The fraction of sp³-hybridized carbons (Fsp3) is 0.214. The molecule has 17 heavy (non-hydrogen) atoms. The van der Waals surface area contributed by atoms with E-state index in [1.54, 1.807) is 20.2 Å². The first-order chi connectivity index (χ1) is 8.17. The van der Waals surface area contributed by atoms with Gasteiger partial charge < -0.3 is 9.30 Å². The molecule has 1 aromatic heterocycles. The van der Waals surface area contributed by atoms with Gasteiger partial charge >= 0.3 is 0 Å². The molecule has 0 atom stereocenters. The van der Waals surface area contributed by atoms with Crippen molar-refractivity contribution in [2.45, 2.75) is 13.5 Å². The molecule has 0 bridgehead atoms. The number of hydrogen-bond donors (Lipinski definition) is 0. The molecule has 0 aliphatic carbocycles. The molecular formula is C14H13NO2. The van der Waals surface area contributed by atoms with Crippen molar-refractivity contribution >= 4 is 16.7 Å². The van der Waals surface area contributed by atoms with Crippen LogP contribution in [-0.2, 0) is 6.54 Å². The molecule has 86 valence electrons. The molecule has 1 heterocycles. The minimum absolute atomic E-state index is 0.0269. The number of ether oxygens (including phenoxy) is 1. The van der Waals surface area contributed by atoms with E-state index in [-0.39, 0.29) is 5.78 Å². The Morgan fingerprint density at radius 3 is 2.88 bits per heavy atom. The zero-order chi connectivity index (χ0) is 12.4. The van der Waals surface area contributed by atoms with Crippen LogP contribution in [0, 0.1) is 12.3 Å². The summed E-state index contributed by atoms with van der Waals surface area (Å²) in [5.41, 5.74) is 1.63. The number of ketones is 1. The van der Waals surface area contributed by atoms with Crippen LogP contribution < -0.4 is 4.74 Å². The van der Waals surface area contributed by atoms with Crippen molar-refractivity contribution in [3.8, 4) is 18.1 Å². The molecule has 0 radical (unpaired) electrons. The first kappa shape index (κ1) is 11.3. The van der Waals surface area contributed by atoms with Crippen LogP contribution in [0.4, 0.5) is 0 Å². The van der Waals surface area contributed by atoms with Crippen molar-refractivity contribution in [2.24, 2.45) is 0 Å². The van der Waals surface area contributed by atoms with Crippen LogP contribution in [0.1, 0.15) is 17.3 Å². The third-order valence-corrected chi connectivity index (χ3v) is 2.73. The molecule has 0 aliphatic heterocycles. The summed E-state index contributed by atoms with van der Waals surface area (Å²) in [6.45, 7) is 2.00. The Bertz CT molecular complexity index is 617. The van der Waals surface area contributed by atoms with Crippen molar-refractivity contribution in [1.82, 2.24) is 4.57 Å². The van der Waals surface area contributed by atoms with Gasteiger partial charge in [-0.1, -0.05) is 5.92 Å². The summed E-state index contributed by atoms with van der Waals surface area (Å²) in [4.78, 5) is 11.6. The van der Waals surface area contributed by atoms with Gasteiger partial charge in [-0.15, -0.1) is 6.42 Å². The van der Waals surface area contributed by atoms with E-state index in [4.69, 9.17) is 11.2 Å². The average molecular weight is 227 g/mol. The molecule has 3 nitrogen and oxygen atoms in total. The Morgan fingerprint density at radius 2 is 2.29 bits per heavy atom. The fourth-order valence-corrected chi connectivity index (χ4v) is 1.91. The second kappa shape index (κ2) is 4.34. The SMILES string of the molecule is C#CCn1cc(C(C)=O)c2cc(OC)ccc21. The number of methoxy groups -OCH3 is 1. The first-order valence-corrected chi connectivity index (χ1v) is 5.28. The van der Waals surface area contributed by atoms with Crippen LogP contribution in [-0.4, -0.2) is 17.5 Å². The Kier molecular flexibility index (Phi) is 2.88. The van der Waals surface area contributed by atoms with Crippen LogP contribution in [0.25, 0.3) is 10.9 Å². The summed E-state index contributed by atoms with van der Waals surface area (Å²) in [7, 11) is 1.60. The Labute approximate surface area is 100.0 Å². The van der Waals surface area contributed by atoms with Crippen molar-refractivity contribution < 1.29 is 9.53 Å². The number of aromatic nitrogens is 1. The lowest BCUT2D eigenvalue weighted by Gasteiger charge is -2.02. The summed E-state index contributed by atoms with van der Waals surface area (Å²) in [6.07, 6.45) is 7.11. The number of fused-ring (bicyclic) bond motifs is 1. The van der Waals surface area contributed by atoms with Crippen LogP contribution in [0.15, 0.2) is 24.4 Å². The predicted octanol–water partition coefficient (Wildman–Crippen LogP) is 2.49. The number of Topliss-reactive ketones (excluding diaryl/α,β-unsaturated/α-hetero) is 1. The first-order valence-electron chi connectivity index (χ1n) is 5.28. The zero-order valence-electron chi connectivity index (χ0n) is 9.86. The fourth-order valence-electron chi connectivity index (χ4n) is 1.91. The lowest BCUT2D eigenvalue weighted by molar-refractivity contribution is 0.101. The second-order valence-electron chi connectivity index (χ2n) is 3.81. The molecule has 0 N–H and O–H groups in total. The van der Waals surface area contributed by atoms with E-state index in [0.29, 0.717) is 12.1 Å². The molecule has 0 aliphatic rings. The monoisotopic (exact) mass is 227 g/mol. The predicted molar refractivity (Wildman–Crippen MR) is 67.3 cm³/mol. The molecule has 0 saturated heterocycles. The smallest absolute Gasteiger partial charge is 0.161 e. The summed E-state index contributed by atoms with van der Waals surface area (Å²) in [5, 5.41) is 0.882. The maximum atomic E-state index is 11.6. The highest BCUT2D eigenvalue weighted by Gasteiger charge is 2.12. The highest BCUT2D eigenvalue weighted by atomic mass is 16.5. The molecule has 0 saturated carbocycles. The van der Waals surface area contributed by atoms with Crippen molar-refractivity contribution in [3.05, 3.63) is 30.0 Å². The van der Waals surface area contributed by atoms with E-state index in [0.717, 1.165) is 16.7 Å². The van der Waals surface area contributed by atoms with Gasteiger partial charge in [-0.25, -0.2) is 0 Å². The summed E-state index contributed by atoms with van der Waals surface area (Å²) < 4.78 is 7.06. The highest BCUT2D eigenvalue weighted by Crippen LogP contribution is 2.26. The van der Waals surface area contributed by atoms with E-state index in [2.05, 4.69) is 5.92 Å². The summed E-state index contributed by atoms with van der Waals surface area (Å²) in [6, 6.07) is 5.64. The number of carbonyl (C=O) groups excluding carboxylic acids is 1. The van der Waals surface area contributed by atoms with E-state index < -0.39 is 0 Å². The normalized spacial score (nSPS) is 10.2. The van der Waals surface area contributed by atoms with Gasteiger partial charge in [-0.3, -0.25) is 4.79 Å². The van der Waals surface area contributed by atoms with Gasteiger partial charge in [0.2, 0.25) is 0 Å². The largest absolute Gasteiger partial charge is 0.497 e. The Balaban J connectivity index is 2.72. The van der Waals surface area contributed by atoms with E-state index >= 15 is 0 Å². The maximum Gasteiger partial charge on any atom is 0.161 e. The number of benzene rings is 1. The van der Waals surface area contributed by atoms with E-state index in [1.165, 1.54) is 0 Å². The minimum Gasteiger partial charge on any atom is -0.497 e. The Hall–Kier alpha value is -2.21. The number of rotatable bonds is 3. The molecular weight excluding hydrogens is 214 g/mol. The van der Waals surface area contributed by atoms with E-state index in [9.17, 15) is 4.79 Å². The van der Waals surface area contributed by atoms with Gasteiger partial charge in [0.25, 0.3) is 0 Å². The quantitative estimate of drug-likeness (QED) is 0.596. The van der Waals surface area contributed by atoms with Gasteiger partial charge in [-0.2, -0.15) is 0 Å². The van der Waals surface area contributed by atoms with Crippen LogP contribution in [0.2, 0.25) is 0 Å². The minimum atomic E-state index is 0.0269. The average Bonchev–Trinajstić information content (AvgIpc) is 2.68. The summed E-state index contributed by atoms with van der Waals surface area (Å²) in [5.74, 6) is 3.34. The molecule has 2 aromatic rings. The molecule has 0 unspecified atom stereocenters. The van der Waals surface area contributed by atoms with Crippen LogP contribution in [0.5, 0.6) is 5.75 Å². The van der Waals surface area contributed by atoms with Gasteiger partial charge in [0, 0.05) is 22.7 Å². The Morgan fingerprint density at radius 1 is 1.53 bits per heavy atom. The van der Waals surface area contributed by atoms with Gasteiger partial charge in [0.05, 0.1) is 13.7 Å². The third-order valence-electron chi connectivity index (χ3n) is 2.73. The van der Waals surface area contributed by atoms with Gasteiger partial charge in [-0.05, 0) is 25.1 Å². The number of carbonyl (C=O) groups is 1. The number of nitrogens with zero attached hydrogens (tertiary/aromatic N) is 1. The van der Waals surface area contributed by atoms with Gasteiger partial charge in [0.15, 0.2) is 5.78 Å². The van der Waals surface area contributed by atoms with Crippen molar-refractivity contribution in [3.63, 3.8) is 0 Å². The molecule has 1 aromatic carbocycles. The third kappa shape index (κ3) is 1.90. The molecule has 2 rings (SSSR count). The molecule has 3 heteroatoms. The standard InChI is InChI=1S/C14H13NO2/c1-4-7-15-9-13(10(2)16)12-8-11(17-3)5-6-14(12)15/h1,5-6,8-9H,7H2,2-3H3.